The number of methoxy groups -OCH3 is 1. The summed E-state index contributed by atoms with van der Waals surface area (Å²) in [4.78, 5) is 0. The van der Waals surface area contributed by atoms with Crippen molar-refractivity contribution in [3.8, 4) is 5.75 Å². The largest absolute Gasteiger partial charge is 0.498 e. The average molecular weight is 355 g/mol. The minimum absolute atomic E-state index is 0.358. The SMILES string of the molecule is COc1c(Br)cc(C(C)C)cc1B1OC(C)(C)C(C)(C)O1. The van der Waals surface area contributed by atoms with Crippen LogP contribution in [-0.4, -0.2) is 25.4 Å². The van der Waals surface area contributed by atoms with Crippen LogP contribution in [0.2, 0.25) is 0 Å². The molecule has 1 aromatic carbocycles. The molecule has 21 heavy (non-hydrogen) atoms. The molecule has 5 heteroatoms. The Morgan fingerprint density at radius 2 is 1.62 bits per heavy atom. The van der Waals surface area contributed by atoms with Crippen molar-refractivity contribution in [3.05, 3.63) is 22.2 Å². The van der Waals surface area contributed by atoms with Crippen molar-refractivity contribution < 1.29 is 14.0 Å². The van der Waals surface area contributed by atoms with Crippen LogP contribution in [0.1, 0.15) is 53.0 Å². The number of ether oxygens (including phenoxy) is 1. The first kappa shape index (κ1) is 16.8. The van der Waals surface area contributed by atoms with E-state index >= 15 is 0 Å². The first-order valence-electron chi connectivity index (χ1n) is 7.32. The number of halogens is 1. The van der Waals surface area contributed by atoms with Gasteiger partial charge in [-0.05, 0) is 61.2 Å². The molecule has 0 unspecified atom stereocenters. The van der Waals surface area contributed by atoms with E-state index < -0.39 is 7.12 Å². The summed E-state index contributed by atoms with van der Waals surface area (Å²) < 4.78 is 18.8. The van der Waals surface area contributed by atoms with Crippen molar-refractivity contribution in [2.45, 2.75) is 58.7 Å². The molecule has 0 N–H and O–H groups in total. The van der Waals surface area contributed by atoms with Gasteiger partial charge in [0.25, 0.3) is 0 Å². The predicted octanol–water partition coefficient (Wildman–Crippen LogP) is 3.88. The zero-order valence-corrected chi connectivity index (χ0v) is 15.5. The van der Waals surface area contributed by atoms with Gasteiger partial charge in [-0.3, -0.25) is 0 Å². The zero-order valence-electron chi connectivity index (χ0n) is 13.9. The normalized spacial score (nSPS) is 20.1. The van der Waals surface area contributed by atoms with Crippen LogP contribution in [0.15, 0.2) is 16.6 Å². The molecular formula is C16H24BBrO3. The fraction of sp³-hybridized carbons (Fsp3) is 0.625. The zero-order chi connectivity index (χ0) is 16.0. The molecule has 0 aliphatic carbocycles. The average Bonchev–Trinajstić information content (AvgIpc) is 2.57. The molecule has 1 saturated heterocycles. The van der Waals surface area contributed by atoms with Gasteiger partial charge < -0.3 is 14.0 Å². The minimum atomic E-state index is -0.417. The van der Waals surface area contributed by atoms with E-state index in [1.54, 1.807) is 7.11 Å². The van der Waals surface area contributed by atoms with Gasteiger partial charge in [-0.25, -0.2) is 0 Å². The monoisotopic (exact) mass is 354 g/mol. The molecule has 1 aliphatic heterocycles. The summed E-state index contributed by atoms with van der Waals surface area (Å²) in [5.74, 6) is 1.20. The van der Waals surface area contributed by atoms with Crippen LogP contribution in [0.3, 0.4) is 0 Å². The lowest BCUT2D eigenvalue weighted by Gasteiger charge is -2.32. The maximum absolute atomic E-state index is 6.16. The van der Waals surface area contributed by atoms with E-state index in [0.717, 1.165) is 15.7 Å². The minimum Gasteiger partial charge on any atom is -0.496 e. The Labute approximate surface area is 136 Å². The first-order chi connectivity index (χ1) is 9.59. The molecule has 0 radical (unpaired) electrons. The van der Waals surface area contributed by atoms with Crippen molar-refractivity contribution in [3.63, 3.8) is 0 Å². The fourth-order valence-corrected chi connectivity index (χ4v) is 2.99. The standard InChI is InChI=1S/C16H24BBrO3/c1-10(2)11-8-12(14(19-7)13(18)9-11)17-20-15(3,4)16(5,6)21-17/h8-10H,1-7H3. The summed E-state index contributed by atoms with van der Waals surface area (Å²) in [6, 6.07) is 4.22. The van der Waals surface area contributed by atoms with E-state index in [2.05, 4.69) is 69.6 Å². The lowest BCUT2D eigenvalue weighted by molar-refractivity contribution is 0.00578. The Morgan fingerprint density at radius 1 is 1.10 bits per heavy atom. The third kappa shape index (κ3) is 3.01. The molecule has 1 fully saturated rings. The number of rotatable bonds is 3. The van der Waals surface area contributed by atoms with Gasteiger partial charge in [0, 0.05) is 5.46 Å². The van der Waals surface area contributed by atoms with E-state index in [4.69, 9.17) is 14.0 Å². The second-order valence-corrected chi connectivity index (χ2v) is 7.72. The lowest BCUT2D eigenvalue weighted by Crippen LogP contribution is -2.41. The van der Waals surface area contributed by atoms with Crippen molar-refractivity contribution in [1.29, 1.82) is 0 Å². The number of hydrogen-bond acceptors (Lipinski definition) is 3. The van der Waals surface area contributed by atoms with Crippen molar-refractivity contribution in [2.24, 2.45) is 0 Å². The molecule has 1 aliphatic rings. The number of hydrogen-bond donors (Lipinski definition) is 0. The molecule has 0 bridgehead atoms. The highest BCUT2D eigenvalue weighted by Gasteiger charge is 2.52. The molecule has 1 aromatic rings. The van der Waals surface area contributed by atoms with Gasteiger partial charge in [-0.2, -0.15) is 0 Å². The van der Waals surface area contributed by atoms with E-state index in [1.807, 2.05) is 0 Å². The van der Waals surface area contributed by atoms with Crippen LogP contribution in [0, 0.1) is 0 Å². The highest BCUT2D eigenvalue weighted by Crippen LogP contribution is 2.38. The van der Waals surface area contributed by atoms with Crippen molar-refractivity contribution >= 4 is 28.5 Å². The van der Waals surface area contributed by atoms with Crippen LogP contribution < -0.4 is 10.2 Å². The van der Waals surface area contributed by atoms with Crippen LogP contribution in [0.25, 0.3) is 0 Å². The molecule has 0 atom stereocenters. The second-order valence-electron chi connectivity index (χ2n) is 6.87. The molecule has 0 amide bonds. The maximum atomic E-state index is 6.16. The lowest BCUT2D eigenvalue weighted by atomic mass is 9.76. The summed E-state index contributed by atoms with van der Waals surface area (Å²) in [6.07, 6.45) is 0. The van der Waals surface area contributed by atoms with Gasteiger partial charge in [0.15, 0.2) is 0 Å². The maximum Gasteiger partial charge on any atom is 0.498 e. The first-order valence-corrected chi connectivity index (χ1v) is 8.11. The smallest absolute Gasteiger partial charge is 0.496 e. The van der Waals surface area contributed by atoms with Crippen LogP contribution in [0.5, 0.6) is 5.75 Å². The fourth-order valence-electron chi connectivity index (χ4n) is 2.33. The Bertz CT molecular complexity index is 525. The van der Waals surface area contributed by atoms with E-state index in [1.165, 1.54) is 5.56 Å². The Hall–Kier alpha value is -0.515. The van der Waals surface area contributed by atoms with Crippen molar-refractivity contribution in [1.82, 2.24) is 0 Å². The molecule has 0 spiro atoms. The molecular weight excluding hydrogens is 331 g/mol. The van der Waals surface area contributed by atoms with Gasteiger partial charge in [-0.1, -0.05) is 19.9 Å². The number of benzene rings is 1. The van der Waals surface area contributed by atoms with Gasteiger partial charge in [-0.15, -0.1) is 0 Å². The van der Waals surface area contributed by atoms with Crippen LogP contribution in [0.4, 0.5) is 0 Å². The second kappa shape index (κ2) is 5.60. The van der Waals surface area contributed by atoms with Crippen molar-refractivity contribution in [2.75, 3.05) is 7.11 Å². The van der Waals surface area contributed by atoms with E-state index in [-0.39, 0.29) is 11.2 Å². The summed E-state index contributed by atoms with van der Waals surface area (Å²) in [7, 11) is 1.25. The third-order valence-corrected chi connectivity index (χ3v) is 5.06. The highest BCUT2D eigenvalue weighted by atomic mass is 79.9. The van der Waals surface area contributed by atoms with E-state index in [9.17, 15) is 0 Å². The molecule has 2 rings (SSSR count). The van der Waals surface area contributed by atoms with Crippen LogP contribution in [-0.2, 0) is 9.31 Å². The summed E-state index contributed by atoms with van der Waals surface area (Å²) >= 11 is 3.59. The summed E-state index contributed by atoms with van der Waals surface area (Å²) in [6.45, 7) is 12.6. The highest BCUT2D eigenvalue weighted by molar-refractivity contribution is 9.10. The molecule has 116 valence electrons. The van der Waals surface area contributed by atoms with Gasteiger partial charge >= 0.3 is 7.12 Å². The summed E-state index contributed by atoms with van der Waals surface area (Å²) in [5, 5.41) is 0. The van der Waals surface area contributed by atoms with Crippen LogP contribution >= 0.6 is 15.9 Å². The quantitative estimate of drug-likeness (QED) is 0.771. The molecule has 0 aromatic heterocycles. The summed E-state index contributed by atoms with van der Waals surface area (Å²) in [5.41, 5.74) is 1.45. The molecule has 1 heterocycles. The van der Waals surface area contributed by atoms with E-state index in [0.29, 0.717) is 5.92 Å². The predicted molar refractivity (Wildman–Crippen MR) is 90.5 cm³/mol. The van der Waals surface area contributed by atoms with Gasteiger partial charge in [0.1, 0.15) is 5.75 Å². The van der Waals surface area contributed by atoms with Gasteiger partial charge in [0.2, 0.25) is 0 Å². The van der Waals surface area contributed by atoms with Gasteiger partial charge in [0.05, 0.1) is 22.8 Å². The topological polar surface area (TPSA) is 27.7 Å². The third-order valence-electron chi connectivity index (χ3n) is 4.47. The Kier molecular flexibility index (Phi) is 4.49. The Morgan fingerprint density at radius 3 is 2.05 bits per heavy atom. The Balaban J connectivity index is 2.49. The molecule has 3 nitrogen and oxygen atoms in total. The molecule has 0 saturated carbocycles.